The van der Waals surface area contributed by atoms with Crippen molar-refractivity contribution in [1.29, 1.82) is 0 Å². The standard InChI is InChI=1S/C22H23N5O2/c1-16-7-6-10-22(23-25-26-27(3)15-28)21(16)14-29-24-17(2)19-12-11-18-8-4-5-9-20(18)13-19/h4-13,15H,14H2,1-3H3,(H,23,26). The lowest BCUT2D eigenvalue weighted by Crippen LogP contribution is -2.27. The normalized spacial score (nSPS) is 11.6. The van der Waals surface area contributed by atoms with Gasteiger partial charge in [-0.1, -0.05) is 58.9 Å². The smallest absolute Gasteiger partial charge is 0.229 e. The number of amides is 1. The average Bonchev–Trinajstić information content (AvgIpc) is 2.74. The number of aryl methyl sites for hydroxylation is 1. The number of carbonyl (C=O) groups is 1. The molecular weight excluding hydrogens is 366 g/mol. The minimum atomic E-state index is 0.259. The van der Waals surface area contributed by atoms with Gasteiger partial charge in [0.25, 0.3) is 0 Å². The first kappa shape index (κ1) is 20.0. The van der Waals surface area contributed by atoms with Gasteiger partial charge in [0.1, 0.15) is 6.61 Å². The number of hydrogen-bond acceptors (Lipinski definition) is 5. The van der Waals surface area contributed by atoms with E-state index in [1.54, 1.807) is 0 Å². The van der Waals surface area contributed by atoms with Crippen LogP contribution in [0.4, 0.5) is 5.69 Å². The molecule has 0 aliphatic heterocycles. The SMILES string of the molecule is CC(=NOCc1c(C)cccc1N=NNN(C)C=O)c1ccc2ccccc2c1. The number of nitrogens with zero attached hydrogens (tertiary/aromatic N) is 4. The summed E-state index contributed by atoms with van der Waals surface area (Å²) in [4.78, 5) is 16.2. The second-order valence-corrected chi connectivity index (χ2v) is 6.60. The van der Waals surface area contributed by atoms with Crippen molar-refractivity contribution in [2.45, 2.75) is 20.5 Å². The zero-order valence-corrected chi connectivity index (χ0v) is 16.7. The van der Waals surface area contributed by atoms with E-state index in [1.807, 2.05) is 50.2 Å². The quantitative estimate of drug-likeness (QED) is 0.263. The summed E-state index contributed by atoms with van der Waals surface area (Å²) in [6.07, 6.45) is 0.601. The molecule has 3 rings (SSSR count). The molecule has 0 aromatic heterocycles. The molecule has 0 spiro atoms. The predicted molar refractivity (Wildman–Crippen MR) is 114 cm³/mol. The zero-order valence-electron chi connectivity index (χ0n) is 16.7. The Balaban J connectivity index is 1.72. The average molecular weight is 389 g/mol. The molecule has 29 heavy (non-hydrogen) atoms. The number of fused-ring (bicyclic) bond motifs is 1. The number of benzene rings is 3. The van der Waals surface area contributed by atoms with Crippen LogP contribution >= 0.6 is 0 Å². The molecule has 0 atom stereocenters. The summed E-state index contributed by atoms with van der Waals surface area (Å²) >= 11 is 0. The van der Waals surface area contributed by atoms with Crippen molar-refractivity contribution in [2.75, 3.05) is 7.05 Å². The maximum atomic E-state index is 10.6. The molecule has 0 saturated carbocycles. The third-order valence-electron chi connectivity index (χ3n) is 4.48. The van der Waals surface area contributed by atoms with E-state index < -0.39 is 0 Å². The van der Waals surface area contributed by atoms with Crippen LogP contribution in [0.3, 0.4) is 0 Å². The summed E-state index contributed by atoms with van der Waals surface area (Å²) in [5, 5.41) is 15.7. The van der Waals surface area contributed by atoms with Crippen LogP contribution in [0, 0.1) is 6.92 Å². The van der Waals surface area contributed by atoms with Crippen molar-refractivity contribution in [3.05, 3.63) is 77.4 Å². The minimum Gasteiger partial charge on any atom is -0.391 e. The molecule has 0 aliphatic rings. The van der Waals surface area contributed by atoms with Gasteiger partial charge < -0.3 is 4.84 Å². The summed E-state index contributed by atoms with van der Waals surface area (Å²) in [5.74, 6) is 0. The van der Waals surface area contributed by atoms with E-state index in [9.17, 15) is 4.79 Å². The number of rotatable bonds is 8. The van der Waals surface area contributed by atoms with E-state index in [-0.39, 0.29) is 6.61 Å². The predicted octanol–water partition coefficient (Wildman–Crippen LogP) is 4.68. The summed E-state index contributed by atoms with van der Waals surface area (Å²) in [6.45, 7) is 4.15. The van der Waals surface area contributed by atoms with Crippen LogP contribution in [0.1, 0.15) is 23.6 Å². The molecule has 0 bridgehead atoms. The molecule has 7 nitrogen and oxygen atoms in total. The fourth-order valence-electron chi connectivity index (χ4n) is 2.80. The molecule has 1 N–H and O–H groups in total. The number of nitrogens with one attached hydrogen (secondary N) is 1. The summed E-state index contributed by atoms with van der Waals surface area (Å²) in [5.41, 5.74) is 6.84. The third kappa shape index (κ3) is 5.16. The molecular formula is C22H23N5O2. The highest BCUT2D eigenvalue weighted by atomic mass is 16.6. The number of carbonyl (C=O) groups excluding carboxylic acids is 1. The zero-order chi connectivity index (χ0) is 20.6. The molecule has 7 heteroatoms. The van der Waals surface area contributed by atoms with E-state index in [1.165, 1.54) is 12.4 Å². The van der Waals surface area contributed by atoms with Gasteiger partial charge in [0.05, 0.1) is 11.4 Å². The Kier molecular flexibility index (Phi) is 6.52. The molecule has 0 fully saturated rings. The van der Waals surface area contributed by atoms with E-state index >= 15 is 0 Å². The summed E-state index contributed by atoms with van der Waals surface area (Å²) < 4.78 is 0. The maximum absolute atomic E-state index is 10.6. The topological polar surface area (TPSA) is 78.7 Å². The molecule has 3 aromatic carbocycles. The largest absolute Gasteiger partial charge is 0.391 e. The van der Waals surface area contributed by atoms with Crippen LogP contribution < -0.4 is 5.53 Å². The molecule has 0 radical (unpaired) electrons. The fourth-order valence-corrected chi connectivity index (χ4v) is 2.80. The van der Waals surface area contributed by atoms with Gasteiger partial charge in [-0.15, -0.1) is 5.11 Å². The first-order valence-corrected chi connectivity index (χ1v) is 9.17. The van der Waals surface area contributed by atoms with E-state index in [0.29, 0.717) is 12.1 Å². The van der Waals surface area contributed by atoms with Crippen LogP contribution in [-0.2, 0) is 16.2 Å². The van der Waals surface area contributed by atoms with E-state index in [0.717, 1.165) is 32.8 Å². The Morgan fingerprint density at radius 3 is 2.69 bits per heavy atom. The van der Waals surface area contributed by atoms with Gasteiger partial charge in [-0.25, -0.2) is 5.01 Å². The van der Waals surface area contributed by atoms with Crippen LogP contribution in [-0.4, -0.2) is 24.2 Å². The Bertz CT molecular complexity index is 1060. The Morgan fingerprint density at radius 2 is 1.90 bits per heavy atom. The highest BCUT2D eigenvalue weighted by Crippen LogP contribution is 2.24. The van der Waals surface area contributed by atoms with E-state index in [2.05, 4.69) is 45.3 Å². The molecule has 0 saturated heterocycles. The van der Waals surface area contributed by atoms with Gasteiger partial charge in [0.2, 0.25) is 6.41 Å². The van der Waals surface area contributed by atoms with E-state index in [4.69, 9.17) is 4.84 Å². The van der Waals surface area contributed by atoms with Crippen molar-refractivity contribution >= 4 is 28.6 Å². The monoisotopic (exact) mass is 389 g/mol. The van der Waals surface area contributed by atoms with Crippen LogP contribution in [0.2, 0.25) is 0 Å². The second kappa shape index (κ2) is 9.45. The lowest BCUT2D eigenvalue weighted by Gasteiger charge is -2.10. The van der Waals surface area contributed by atoms with Gasteiger partial charge in [0, 0.05) is 12.6 Å². The van der Waals surface area contributed by atoms with Crippen LogP contribution in [0.25, 0.3) is 10.8 Å². The number of hydrogen-bond donors (Lipinski definition) is 1. The van der Waals surface area contributed by atoms with Crippen molar-refractivity contribution in [1.82, 2.24) is 10.5 Å². The first-order valence-electron chi connectivity index (χ1n) is 9.17. The lowest BCUT2D eigenvalue weighted by molar-refractivity contribution is -0.119. The molecule has 1 amide bonds. The highest BCUT2D eigenvalue weighted by Gasteiger charge is 2.07. The summed E-state index contributed by atoms with van der Waals surface area (Å²) in [7, 11) is 1.54. The van der Waals surface area contributed by atoms with Crippen molar-refractivity contribution < 1.29 is 9.63 Å². The maximum Gasteiger partial charge on any atom is 0.229 e. The molecule has 148 valence electrons. The van der Waals surface area contributed by atoms with Crippen molar-refractivity contribution in [3.8, 4) is 0 Å². The van der Waals surface area contributed by atoms with Crippen LogP contribution in [0.5, 0.6) is 0 Å². The molecule has 0 unspecified atom stereocenters. The minimum absolute atomic E-state index is 0.259. The van der Waals surface area contributed by atoms with Gasteiger partial charge in [0.15, 0.2) is 0 Å². The Hall–Kier alpha value is -3.74. The Labute approximate surface area is 169 Å². The van der Waals surface area contributed by atoms with Crippen molar-refractivity contribution in [2.24, 2.45) is 15.5 Å². The van der Waals surface area contributed by atoms with Gasteiger partial charge in [-0.05, 0) is 47.9 Å². The second-order valence-electron chi connectivity index (χ2n) is 6.60. The number of hydrazine groups is 1. The van der Waals surface area contributed by atoms with Crippen LogP contribution in [0.15, 0.2) is 76.2 Å². The van der Waals surface area contributed by atoms with Gasteiger partial charge in [-0.2, -0.15) is 5.53 Å². The Morgan fingerprint density at radius 1 is 1.10 bits per heavy atom. The van der Waals surface area contributed by atoms with Gasteiger partial charge >= 0.3 is 0 Å². The molecule has 0 aliphatic carbocycles. The number of oxime groups is 1. The molecule has 3 aromatic rings. The third-order valence-corrected chi connectivity index (χ3v) is 4.48. The fraction of sp³-hybridized carbons (Fsp3) is 0.182. The summed E-state index contributed by atoms with van der Waals surface area (Å²) in [6, 6.07) is 20.1. The molecule has 0 heterocycles. The van der Waals surface area contributed by atoms with Crippen molar-refractivity contribution in [3.63, 3.8) is 0 Å². The van der Waals surface area contributed by atoms with Gasteiger partial charge in [-0.3, -0.25) is 4.79 Å². The highest BCUT2D eigenvalue weighted by molar-refractivity contribution is 6.01. The first-order chi connectivity index (χ1) is 14.1. The lowest BCUT2D eigenvalue weighted by atomic mass is 10.0.